The molecular formula is C16H25NO. The first-order chi connectivity index (χ1) is 8.21. The van der Waals surface area contributed by atoms with Crippen molar-refractivity contribution in [1.82, 2.24) is 5.32 Å². The maximum absolute atomic E-state index is 12.2. The molecule has 0 aliphatic carbocycles. The van der Waals surface area contributed by atoms with Crippen LogP contribution in [0.5, 0.6) is 0 Å². The Balaban J connectivity index is 2.55. The molecule has 0 aliphatic rings. The maximum atomic E-state index is 12.2. The lowest BCUT2D eigenvalue weighted by Crippen LogP contribution is -2.38. The highest BCUT2D eigenvalue weighted by Gasteiger charge is 2.32. The van der Waals surface area contributed by atoms with Crippen LogP contribution in [-0.4, -0.2) is 5.91 Å². The van der Waals surface area contributed by atoms with Gasteiger partial charge in [-0.15, -0.1) is 0 Å². The van der Waals surface area contributed by atoms with Crippen molar-refractivity contribution in [2.75, 3.05) is 0 Å². The van der Waals surface area contributed by atoms with Crippen molar-refractivity contribution in [3.8, 4) is 0 Å². The molecule has 0 fully saturated rings. The van der Waals surface area contributed by atoms with Gasteiger partial charge in [-0.2, -0.15) is 0 Å². The average molecular weight is 247 g/mol. The lowest BCUT2D eigenvalue weighted by atomic mass is 9.75. The Labute approximate surface area is 111 Å². The summed E-state index contributed by atoms with van der Waals surface area (Å²) in [5, 5.41) is 3.02. The fourth-order valence-electron chi connectivity index (χ4n) is 2.42. The molecule has 1 N–H and O–H groups in total. The zero-order chi connectivity index (χ0) is 13.8. The van der Waals surface area contributed by atoms with E-state index in [0.29, 0.717) is 6.54 Å². The standard InChI is InChI=1S/C16H25NO/c1-15(2,3)12-16(4,5)14(18)17-11-13-9-7-6-8-10-13/h6-10H,11-12H2,1-5H3,(H,17,18). The second-order valence-electron chi connectivity index (χ2n) is 6.79. The minimum Gasteiger partial charge on any atom is -0.352 e. The first-order valence-corrected chi connectivity index (χ1v) is 6.53. The van der Waals surface area contributed by atoms with Crippen LogP contribution in [0.4, 0.5) is 0 Å². The first-order valence-electron chi connectivity index (χ1n) is 6.53. The Kier molecular flexibility index (Phi) is 4.55. The molecular weight excluding hydrogens is 222 g/mol. The average Bonchev–Trinajstić information content (AvgIpc) is 2.24. The van der Waals surface area contributed by atoms with Crippen molar-refractivity contribution in [3.05, 3.63) is 35.9 Å². The second-order valence-corrected chi connectivity index (χ2v) is 6.79. The molecule has 0 spiro atoms. The fourth-order valence-corrected chi connectivity index (χ4v) is 2.42. The smallest absolute Gasteiger partial charge is 0.225 e. The van der Waals surface area contributed by atoms with Gasteiger partial charge in [-0.3, -0.25) is 4.79 Å². The molecule has 1 rings (SSSR count). The van der Waals surface area contributed by atoms with Crippen LogP contribution in [0, 0.1) is 10.8 Å². The predicted octanol–water partition coefficient (Wildman–Crippen LogP) is 3.77. The second kappa shape index (κ2) is 5.55. The molecule has 0 atom stereocenters. The van der Waals surface area contributed by atoms with E-state index in [1.54, 1.807) is 0 Å². The summed E-state index contributed by atoms with van der Waals surface area (Å²) < 4.78 is 0. The quantitative estimate of drug-likeness (QED) is 0.862. The Morgan fingerprint density at radius 3 is 2.11 bits per heavy atom. The predicted molar refractivity (Wildman–Crippen MR) is 76.1 cm³/mol. The largest absolute Gasteiger partial charge is 0.352 e. The summed E-state index contributed by atoms with van der Waals surface area (Å²) in [4.78, 5) is 12.2. The Hall–Kier alpha value is -1.31. The van der Waals surface area contributed by atoms with Crippen LogP contribution in [-0.2, 0) is 11.3 Å². The molecule has 0 saturated carbocycles. The topological polar surface area (TPSA) is 29.1 Å². The summed E-state index contributed by atoms with van der Waals surface area (Å²) in [6, 6.07) is 10.0. The molecule has 0 heterocycles. The molecule has 1 aromatic carbocycles. The van der Waals surface area contributed by atoms with E-state index < -0.39 is 0 Å². The zero-order valence-corrected chi connectivity index (χ0v) is 12.2. The van der Waals surface area contributed by atoms with Crippen molar-refractivity contribution in [2.45, 2.75) is 47.6 Å². The number of hydrogen-bond donors (Lipinski definition) is 1. The first kappa shape index (κ1) is 14.7. The van der Waals surface area contributed by atoms with Crippen molar-refractivity contribution >= 4 is 5.91 Å². The van der Waals surface area contributed by atoms with Gasteiger partial charge in [0.05, 0.1) is 0 Å². The highest BCUT2D eigenvalue weighted by atomic mass is 16.2. The van der Waals surface area contributed by atoms with E-state index in [4.69, 9.17) is 0 Å². The van der Waals surface area contributed by atoms with Gasteiger partial charge < -0.3 is 5.32 Å². The van der Waals surface area contributed by atoms with Crippen LogP contribution in [0.1, 0.15) is 46.6 Å². The van der Waals surface area contributed by atoms with E-state index in [2.05, 4.69) is 26.1 Å². The Bertz CT molecular complexity index is 387. The van der Waals surface area contributed by atoms with Gasteiger partial charge in [0.2, 0.25) is 5.91 Å². The lowest BCUT2D eigenvalue weighted by molar-refractivity contribution is -0.131. The zero-order valence-electron chi connectivity index (χ0n) is 12.2. The van der Waals surface area contributed by atoms with Crippen molar-refractivity contribution < 1.29 is 4.79 Å². The third kappa shape index (κ3) is 4.91. The summed E-state index contributed by atoms with van der Waals surface area (Å²) in [5.74, 6) is 0.126. The number of carbonyl (C=O) groups is 1. The van der Waals surface area contributed by atoms with Crippen molar-refractivity contribution in [2.24, 2.45) is 10.8 Å². The molecule has 0 aromatic heterocycles. The minimum atomic E-state index is -0.326. The number of nitrogens with one attached hydrogen (secondary N) is 1. The third-order valence-electron chi connectivity index (χ3n) is 2.88. The fraction of sp³-hybridized carbons (Fsp3) is 0.562. The van der Waals surface area contributed by atoms with Crippen molar-refractivity contribution in [1.29, 1.82) is 0 Å². The van der Waals surface area contributed by atoms with Crippen LogP contribution in [0.25, 0.3) is 0 Å². The van der Waals surface area contributed by atoms with Gasteiger partial charge >= 0.3 is 0 Å². The summed E-state index contributed by atoms with van der Waals surface area (Å²) in [7, 11) is 0. The molecule has 1 amide bonds. The van der Waals surface area contributed by atoms with E-state index >= 15 is 0 Å². The van der Waals surface area contributed by atoms with Gasteiger partial charge in [-0.05, 0) is 17.4 Å². The Morgan fingerprint density at radius 1 is 1.06 bits per heavy atom. The summed E-state index contributed by atoms with van der Waals surface area (Å²) >= 11 is 0. The molecule has 0 unspecified atom stereocenters. The Morgan fingerprint density at radius 2 is 1.61 bits per heavy atom. The summed E-state index contributed by atoms with van der Waals surface area (Å²) in [6.07, 6.45) is 0.876. The van der Waals surface area contributed by atoms with Gasteiger partial charge in [0.15, 0.2) is 0 Å². The maximum Gasteiger partial charge on any atom is 0.225 e. The molecule has 0 radical (unpaired) electrons. The highest BCUT2D eigenvalue weighted by Crippen LogP contribution is 2.33. The molecule has 0 saturated heterocycles. The van der Waals surface area contributed by atoms with Crippen LogP contribution in [0.2, 0.25) is 0 Å². The van der Waals surface area contributed by atoms with Gasteiger partial charge in [-0.25, -0.2) is 0 Å². The third-order valence-corrected chi connectivity index (χ3v) is 2.88. The lowest BCUT2D eigenvalue weighted by Gasteiger charge is -2.31. The van der Waals surface area contributed by atoms with Crippen LogP contribution in [0.15, 0.2) is 30.3 Å². The number of amides is 1. The molecule has 1 aromatic rings. The van der Waals surface area contributed by atoms with Gasteiger partial charge in [0.1, 0.15) is 0 Å². The van der Waals surface area contributed by atoms with Gasteiger partial charge in [0.25, 0.3) is 0 Å². The molecule has 2 heteroatoms. The van der Waals surface area contributed by atoms with E-state index in [0.717, 1.165) is 12.0 Å². The molecule has 0 bridgehead atoms. The molecule has 18 heavy (non-hydrogen) atoms. The summed E-state index contributed by atoms with van der Waals surface area (Å²) in [6.45, 7) is 11.1. The van der Waals surface area contributed by atoms with Crippen LogP contribution < -0.4 is 5.32 Å². The normalized spacial score (nSPS) is 12.3. The summed E-state index contributed by atoms with van der Waals surface area (Å²) in [5.41, 5.74) is 0.970. The van der Waals surface area contributed by atoms with E-state index in [1.807, 2.05) is 44.2 Å². The van der Waals surface area contributed by atoms with Crippen molar-refractivity contribution in [3.63, 3.8) is 0 Å². The van der Waals surface area contributed by atoms with Crippen LogP contribution >= 0.6 is 0 Å². The molecule has 0 aliphatic heterocycles. The number of benzene rings is 1. The molecule has 2 nitrogen and oxygen atoms in total. The van der Waals surface area contributed by atoms with E-state index in [-0.39, 0.29) is 16.7 Å². The number of rotatable bonds is 4. The van der Waals surface area contributed by atoms with E-state index in [1.165, 1.54) is 0 Å². The highest BCUT2D eigenvalue weighted by molar-refractivity contribution is 5.81. The van der Waals surface area contributed by atoms with Gasteiger partial charge in [-0.1, -0.05) is 65.0 Å². The van der Waals surface area contributed by atoms with E-state index in [9.17, 15) is 4.79 Å². The minimum absolute atomic E-state index is 0.126. The monoisotopic (exact) mass is 247 g/mol. The van der Waals surface area contributed by atoms with Gasteiger partial charge in [0, 0.05) is 12.0 Å². The molecule has 100 valence electrons. The van der Waals surface area contributed by atoms with Crippen LogP contribution in [0.3, 0.4) is 0 Å². The number of hydrogen-bond acceptors (Lipinski definition) is 1. The SMILES string of the molecule is CC(C)(C)CC(C)(C)C(=O)NCc1ccccc1. The number of carbonyl (C=O) groups excluding carboxylic acids is 1.